The molecule has 2 N–H and O–H groups in total. The second-order valence-corrected chi connectivity index (χ2v) is 12.4. The van der Waals surface area contributed by atoms with E-state index in [1.54, 1.807) is 36.2 Å². The van der Waals surface area contributed by atoms with Crippen LogP contribution in [0.5, 0.6) is 5.75 Å². The summed E-state index contributed by atoms with van der Waals surface area (Å²) in [6, 6.07) is 5.51. The SMILES string of the molecule is Cn1c(=O)c2c(c3cc(Nc4cc(N5CCN(C(=O)OC(C)(C)C)CC5)ncc4F)ccc31)N[C@@H](C1CC1)C(F)(F)CO2. The van der Waals surface area contributed by atoms with Gasteiger partial charge in [-0.1, -0.05) is 0 Å². The van der Waals surface area contributed by atoms with Crippen molar-refractivity contribution in [1.29, 1.82) is 0 Å². The number of hydrogen-bond donors (Lipinski definition) is 2. The van der Waals surface area contributed by atoms with Crippen LogP contribution >= 0.6 is 0 Å². The van der Waals surface area contributed by atoms with Gasteiger partial charge in [-0.3, -0.25) is 4.79 Å². The lowest BCUT2D eigenvalue weighted by Crippen LogP contribution is -2.50. The number of halogens is 3. The fourth-order valence-electron chi connectivity index (χ4n) is 5.58. The van der Waals surface area contributed by atoms with Gasteiger partial charge >= 0.3 is 12.0 Å². The Kier molecular flexibility index (Phi) is 7.09. The van der Waals surface area contributed by atoms with Crippen molar-refractivity contribution in [3.63, 3.8) is 0 Å². The molecule has 0 radical (unpaired) electrons. The van der Waals surface area contributed by atoms with Crippen LogP contribution in [-0.4, -0.2) is 70.9 Å². The number of piperazine rings is 1. The van der Waals surface area contributed by atoms with Crippen molar-refractivity contribution < 1.29 is 27.4 Å². The number of carbonyl (C=O) groups excluding carboxylic acids is 1. The number of hydrogen-bond acceptors (Lipinski definition) is 8. The van der Waals surface area contributed by atoms with Crippen LogP contribution < -0.4 is 25.8 Å². The molecule has 1 saturated carbocycles. The first kappa shape index (κ1) is 28.9. The first-order valence-corrected chi connectivity index (χ1v) is 14.4. The molecule has 2 fully saturated rings. The van der Waals surface area contributed by atoms with Gasteiger partial charge in [0, 0.05) is 50.4 Å². The molecule has 43 heavy (non-hydrogen) atoms. The number of aryl methyl sites for hydroxylation is 1. The Morgan fingerprint density at radius 1 is 1.16 bits per heavy atom. The minimum Gasteiger partial charge on any atom is -0.480 e. The van der Waals surface area contributed by atoms with E-state index < -0.39 is 35.5 Å². The number of ether oxygens (including phenoxy) is 2. The maximum Gasteiger partial charge on any atom is 0.410 e. The van der Waals surface area contributed by atoms with Gasteiger partial charge in [-0.05, 0) is 57.7 Å². The molecule has 1 atom stereocenters. The van der Waals surface area contributed by atoms with E-state index in [-0.39, 0.29) is 29.1 Å². The molecule has 0 unspecified atom stereocenters. The molecule has 10 nitrogen and oxygen atoms in total. The largest absolute Gasteiger partial charge is 0.480 e. The van der Waals surface area contributed by atoms with E-state index in [4.69, 9.17) is 9.47 Å². The van der Waals surface area contributed by atoms with E-state index in [1.165, 1.54) is 4.57 Å². The topological polar surface area (TPSA) is 101 Å². The van der Waals surface area contributed by atoms with Crippen LogP contribution in [0.15, 0.2) is 35.3 Å². The maximum absolute atomic E-state index is 15.0. The zero-order chi connectivity index (χ0) is 30.7. The standard InChI is InChI=1S/C30H35F3N6O4/c1-29(2,3)43-28(41)39-11-9-38(10-12-39)23-14-21(20(31)15-34-23)35-18-7-8-22-19(13-18)24-25(27(40)37(22)4)42-16-30(32,33)26(36-24)17-5-6-17/h7-8,13-15,17,26,36H,5-6,9-12,16H2,1-4H3,(H,34,35)/t26-/m0/s1. The Labute approximate surface area is 246 Å². The molecule has 230 valence electrons. The van der Waals surface area contributed by atoms with Crippen LogP contribution in [-0.2, 0) is 11.8 Å². The summed E-state index contributed by atoms with van der Waals surface area (Å²) in [4.78, 5) is 33.3. The van der Waals surface area contributed by atoms with Gasteiger partial charge in [0.15, 0.2) is 12.4 Å². The first-order chi connectivity index (χ1) is 20.3. The number of benzene rings is 1. The van der Waals surface area contributed by atoms with Crippen molar-refractivity contribution in [1.82, 2.24) is 14.5 Å². The minimum atomic E-state index is -3.15. The molecule has 13 heteroatoms. The monoisotopic (exact) mass is 600 g/mol. The zero-order valence-electron chi connectivity index (χ0n) is 24.5. The zero-order valence-corrected chi connectivity index (χ0v) is 24.5. The van der Waals surface area contributed by atoms with Gasteiger partial charge in [0.25, 0.3) is 5.56 Å². The summed E-state index contributed by atoms with van der Waals surface area (Å²) < 4.78 is 57.1. The van der Waals surface area contributed by atoms with Crippen LogP contribution in [0.25, 0.3) is 10.9 Å². The van der Waals surface area contributed by atoms with Crippen LogP contribution in [0.3, 0.4) is 0 Å². The van der Waals surface area contributed by atoms with Crippen molar-refractivity contribution in [3.05, 3.63) is 46.6 Å². The molecule has 0 bridgehead atoms. The molecular weight excluding hydrogens is 565 g/mol. The second kappa shape index (κ2) is 10.5. The predicted octanol–water partition coefficient (Wildman–Crippen LogP) is 5.09. The average molecular weight is 601 g/mol. The van der Waals surface area contributed by atoms with Crippen molar-refractivity contribution in [2.45, 2.75) is 51.2 Å². The predicted molar refractivity (Wildman–Crippen MR) is 157 cm³/mol. The molecule has 6 rings (SSSR count). The number of nitrogens with one attached hydrogen (secondary N) is 2. The van der Waals surface area contributed by atoms with Crippen molar-refractivity contribution >= 4 is 39.9 Å². The Morgan fingerprint density at radius 3 is 2.56 bits per heavy atom. The van der Waals surface area contributed by atoms with E-state index in [2.05, 4.69) is 15.6 Å². The number of pyridine rings is 2. The number of fused-ring (bicyclic) bond motifs is 3. The molecule has 1 saturated heterocycles. The molecule has 2 aromatic heterocycles. The Balaban J connectivity index is 1.26. The molecule has 1 amide bonds. The number of nitrogens with zero attached hydrogens (tertiary/aromatic N) is 4. The van der Waals surface area contributed by atoms with Gasteiger partial charge < -0.3 is 34.5 Å². The third-order valence-electron chi connectivity index (χ3n) is 7.99. The number of rotatable bonds is 4. The third kappa shape index (κ3) is 5.76. The number of anilines is 4. The molecule has 0 spiro atoms. The average Bonchev–Trinajstić information content (AvgIpc) is 3.79. The van der Waals surface area contributed by atoms with Crippen LogP contribution in [0.1, 0.15) is 33.6 Å². The summed E-state index contributed by atoms with van der Waals surface area (Å²) in [6.45, 7) is 6.42. The highest BCUT2D eigenvalue weighted by Gasteiger charge is 2.51. The Bertz CT molecular complexity index is 1630. The summed E-state index contributed by atoms with van der Waals surface area (Å²) in [5.74, 6) is -3.56. The Morgan fingerprint density at radius 2 is 1.88 bits per heavy atom. The van der Waals surface area contributed by atoms with E-state index in [0.29, 0.717) is 61.4 Å². The molecular formula is C30H35F3N6O4. The lowest BCUT2D eigenvalue weighted by Gasteiger charge is -2.36. The van der Waals surface area contributed by atoms with E-state index in [0.717, 1.165) is 6.20 Å². The number of alkyl halides is 2. The van der Waals surface area contributed by atoms with Gasteiger partial charge in [-0.25, -0.2) is 22.9 Å². The van der Waals surface area contributed by atoms with E-state index in [1.807, 2.05) is 25.7 Å². The molecule has 3 aromatic rings. The Hall–Kier alpha value is -4.16. The number of amides is 1. The van der Waals surface area contributed by atoms with Gasteiger partial charge in [-0.2, -0.15) is 0 Å². The summed E-state index contributed by atoms with van der Waals surface area (Å²) in [6.07, 6.45) is 2.11. The van der Waals surface area contributed by atoms with Gasteiger partial charge in [-0.15, -0.1) is 0 Å². The third-order valence-corrected chi connectivity index (χ3v) is 7.99. The quantitative estimate of drug-likeness (QED) is 0.427. The maximum atomic E-state index is 15.0. The normalized spacial score (nSPS) is 20.1. The smallest absolute Gasteiger partial charge is 0.410 e. The highest BCUT2D eigenvalue weighted by Crippen LogP contribution is 2.45. The summed E-state index contributed by atoms with van der Waals surface area (Å²) in [7, 11) is 1.56. The van der Waals surface area contributed by atoms with Crippen LogP contribution in [0.4, 0.5) is 40.8 Å². The van der Waals surface area contributed by atoms with Gasteiger partial charge in [0.1, 0.15) is 11.4 Å². The lowest BCUT2D eigenvalue weighted by molar-refractivity contribution is -0.0579. The molecule has 1 aliphatic carbocycles. The minimum absolute atomic E-state index is 0.155. The van der Waals surface area contributed by atoms with Crippen LogP contribution in [0.2, 0.25) is 0 Å². The van der Waals surface area contributed by atoms with E-state index in [9.17, 15) is 22.8 Å². The number of carbonyl (C=O) groups is 1. The van der Waals surface area contributed by atoms with Crippen molar-refractivity contribution in [3.8, 4) is 5.75 Å². The highest BCUT2D eigenvalue weighted by molar-refractivity contribution is 5.97. The number of aromatic nitrogens is 2. The summed E-state index contributed by atoms with van der Waals surface area (Å²) in [5.41, 5.74) is 0.287. The second-order valence-electron chi connectivity index (χ2n) is 12.4. The van der Waals surface area contributed by atoms with Crippen LogP contribution in [0, 0.1) is 11.7 Å². The fourth-order valence-corrected chi connectivity index (χ4v) is 5.58. The fraction of sp³-hybridized carbons (Fsp3) is 0.500. The van der Waals surface area contributed by atoms with Gasteiger partial charge in [0.2, 0.25) is 5.75 Å². The molecule has 3 aliphatic rings. The molecule has 1 aromatic carbocycles. The molecule has 2 aliphatic heterocycles. The summed E-state index contributed by atoms with van der Waals surface area (Å²) >= 11 is 0. The van der Waals surface area contributed by atoms with Crippen molar-refractivity contribution in [2.75, 3.05) is 48.3 Å². The lowest BCUT2D eigenvalue weighted by atomic mass is 10.0. The summed E-state index contributed by atoms with van der Waals surface area (Å²) in [5, 5.41) is 6.54. The van der Waals surface area contributed by atoms with Crippen molar-refractivity contribution in [2.24, 2.45) is 13.0 Å². The first-order valence-electron chi connectivity index (χ1n) is 14.4. The van der Waals surface area contributed by atoms with E-state index >= 15 is 0 Å². The highest BCUT2D eigenvalue weighted by atomic mass is 19.3. The van der Waals surface area contributed by atoms with Gasteiger partial charge in [0.05, 0.1) is 29.1 Å². The molecule has 4 heterocycles.